The van der Waals surface area contributed by atoms with Crippen LogP contribution in [-0.2, 0) is 21.2 Å². The Morgan fingerprint density at radius 1 is 1.07 bits per heavy atom. The first-order valence-corrected chi connectivity index (χ1v) is 11.6. The molecule has 1 saturated heterocycles. The van der Waals surface area contributed by atoms with Gasteiger partial charge in [0.15, 0.2) is 0 Å². The van der Waals surface area contributed by atoms with Crippen LogP contribution in [0.1, 0.15) is 30.5 Å². The van der Waals surface area contributed by atoms with E-state index in [1.165, 1.54) is 12.1 Å². The number of nitrogens with zero attached hydrogens (tertiary/aromatic N) is 2. The Morgan fingerprint density at radius 3 is 2.28 bits per heavy atom. The van der Waals surface area contributed by atoms with Crippen molar-refractivity contribution in [2.75, 3.05) is 26.2 Å². The summed E-state index contributed by atoms with van der Waals surface area (Å²) in [6, 6.07) is 14.4. The van der Waals surface area contributed by atoms with Gasteiger partial charge >= 0.3 is 0 Å². The molecule has 0 spiro atoms. The van der Waals surface area contributed by atoms with Crippen LogP contribution in [0, 0.1) is 0 Å². The third-order valence-electron chi connectivity index (χ3n) is 5.45. The van der Waals surface area contributed by atoms with Crippen molar-refractivity contribution in [2.45, 2.75) is 30.7 Å². The van der Waals surface area contributed by atoms with Crippen molar-refractivity contribution in [3.63, 3.8) is 0 Å². The van der Waals surface area contributed by atoms with E-state index in [9.17, 15) is 13.2 Å². The molecule has 1 atom stereocenters. The Labute approximate surface area is 177 Å². The smallest absolute Gasteiger partial charge is 0.238 e. The Bertz CT molecular complexity index is 955. The van der Waals surface area contributed by atoms with Crippen LogP contribution in [-0.4, -0.2) is 50.3 Å². The molecule has 2 N–H and O–H groups in total. The van der Waals surface area contributed by atoms with Crippen LogP contribution in [0.3, 0.4) is 0 Å². The number of hydrogen-bond donors (Lipinski definition) is 1. The van der Waals surface area contributed by atoms with Crippen molar-refractivity contribution < 1.29 is 13.2 Å². The van der Waals surface area contributed by atoms with Crippen LogP contribution in [0.25, 0.3) is 0 Å². The maximum Gasteiger partial charge on any atom is 0.238 e. The summed E-state index contributed by atoms with van der Waals surface area (Å²) in [4.78, 5) is 16.9. The molecule has 1 heterocycles. The number of hydrogen-bond acceptors (Lipinski definition) is 4. The van der Waals surface area contributed by atoms with E-state index in [2.05, 4.69) is 11.8 Å². The molecule has 1 aliphatic rings. The predicted molar refractivity (Wildman–Crippen MR) is 114 cm³/mol. The van der Waals surface area contributed by atoms with Crippen LogP contribution < -0.4 is 5.14 Å². The number of halogens is 1. The van der Waals surface area contributed by atoms with Crippen LogP contribution in [0.4, 0.5) is 0 Å². The highest BCUT2D eigenvalue weighted by Gasteiger charge is 2.25. The van der Waals surface area contributed by atoms with Crippen molar-refractivity contribution in [3.8, 4) is 0 Å². The maximum absolute atomic E-state index is 12.6. The first-order chi connectivity index (χ1) is 13.8. The van der Waals surface area contributed by atoms with Crippen molar-refractivity contribution in [1.29, 1.82) is 0 Å². The number of carbonyl (C=O) groups excluding carboxylic acids is 1. The van der Waals surface area contributed by atoms with Gasteiger partial charge in [0.2, 0.25) is 15.9 Å². The van der Waals surface area contributed by atoms with Gasteiger partial charge in [-0.05, 0) is 42.7 Å². The third-order valence-corrected chi connectivity index (χ3v) is 6.72. The minimum absolute atomic E-state index is 0.0799. The molecule has 2 aromatic rings. The van der Waals surface area contributed by atoms with Crippen LogP contribution >= 0.6 is 11.6 Å². The van der Waals surface area contributed by atoms with Gasteiger partial charge in [-0.15, -0.1) is 0 Å². The monoisotopic (exact) mass is 435 g/mol. The molecule has 0 bridgehead atoms. The molecule has 0 aromatic heterocycles. The van der Waals surface area contributed by atoms with E-state index in [1.807, 2.05) is 29.2 Å². The molecule has 2 aromatic carbocycles. The Hall–Kier alpha value is -1.93. The summed E-state index contributed by atoms with van der Waals surface area (Å²) in [7, 11) is -3.69. The molecular formula is C21H26ClN3O3S. The molecule has 0 unspecified atom stereocenters. The number of benzene rings is 2. The van der Waals surface area contributed by atoms with Gasteiger partial charge in [-0.25, -0.2) is 13.6 Å². The number of piperazine rings is 1. The molecule has 29 heavy (non-hydrogen) atoms. The molecule has 3 rings (SSSR count). The van der Waals surface area contributed by atoms with Crippen molar-refractivity contribution >= 4 is 27.5 Å². The molecule has 0 aliphatic carbocycles. The fraction of sp³-hybridized carbons (Fsp3) is 0.381. The standard InChI is InChI=1S/C21H26ClN3O3S/c1-16(19-4-2-3-5-20(19)22)24-12-14-25(15-13-24)21(26)11-8-17-6-9-18(10-7-17)29(23,27)28/h2-7,9-10,16H,8,11-15H2,1H3,(H2,23,27,28)/t16-/m0/s1. The number of primary sulfonamides is 1. The quantitative estimate of drug-likeness (QED) is 0.756. The topological polar surface area (TPSA) is 83.7 Å². The van der Waals surface area contributed by atoms with Crippen LogP contribution in [0.5, 0.6) is 0 Å². The van der Waals surface area contributed by atoms with Gasteiger partial charge in [0.05, 0.1) is 4.90 Å². The van der Waals surface area contributed by atoms with Gasteiger partial charge in [-0.3, -0.25) is 9.69 Å². The molecule has 156 valence electrons. The largest absolute Gasteiger partial charge is 0.340 e. The van der Waals surface area contributed by atoms with Gasteiger partial charge < -0.3 is 4.90 Å². The molecule has 0 saturated carbocycles. The second-order valence-electron chi connectivity index (χ2n) is 7.30. The normalized spacial score (nSPS) is 16.6. The SMILES string of the molecule is C[C@@H](c1ccccc1Cl)N1CCN(C(=O)CCc2ccc(S(N)(=O)=O)cc2)CC1. The fourth-order valence-corrected chi connectivity index (χ4v) is 4.43. The Kier molecular flexibility index (Phi) is 6.95. The number of sulfonamides is 1. The summed E-state index contributed by atoms with van der Waals surface area (Å²) in [6.45, 7) is 5.14. The zero-order valence-electron chi connectivity index (χ0n) is 16.4. The number of rotatable bonds is 6. The first kappa shape index (κ1) is 21.8. The molecule has 1 amide bonds. The van der Waals surface area contributed by atoms with E-state index in [1.54, 1.807) is 12.1 Å². The first-order valence-electron chi connectivity index (χ1n) is 9.63. The molecular weight excluding hydrogens is 410 g/mol. The van der Waals surface area contributed by atoms with E-state index in [4.69, 9.17) is 16.7 Å². The summed E-state index contributed by atoms with van der Waals surface area (Å²) < 4.78 is 22.6. The third kappa shape index (κ3) is 5.57. The second-order valence-corrected chi connectivity index (χ2v) is 9.27. The van der Waals surface area contributed by atoms with Gasteiger partial charge in [-0.1, -0.05) is 41.9 Å². The van der Waals surface area contributed by atoms with Crippen molar-refractivity contribution in [2.24, 2.45) is 5.14 Å². The van der Waals surface area contributed by atoms with Crippen molar-refractivity contribution in [3.05, 3.63) is 64.7 Å². The van der Waals surface area contributed by atoms with Gasteiger partial charge in [0, 0.05) is 43.7 Å². The molecule has 1 fully saturated rings. The summed E-state index contributed by atoms with van der Waals surface area (Å²) in [5.74, 6) is 0.116. The minimum atomic E-state index is -3.69. The van der Waals surface area contributed by atoms with Crippen LogP contribution in [0.15, 0.2) is 53.4 Å². The lowest BCUT2D eigenvalue weighted by Crippen LogP contribution is -2.49. The average Bonchev–Trinajstić information content (AvgIpc) is 2.71. The Balaban J connectivity index is 1.49. The van der Waals surface area contributed by atoms with Crippen molar-refractivity contribution in [1.82, 2.24) is 9.80 Å². The lowest BCUT2D eigenvalue weighted by molar-refractivity contribution is -0.133. The molecule has 1 aliphatic heterocycles. The summed E-state index contributed by atoms with van der Waals surface area (Å²) in [5, 5.41) is 5.87. The van der Waals surface area contributed by atoms with E-state index < -0.39 is 10.0 Å². The maximum atomic E-state index is 12.6. The highest BCUT2D eigenvalue weighted by atomic mass is 35.5. The summed E-state index contributed by atoms with van der Waals surface area (Å²) in [5.41, 5.74) is 2.02. The average molecular weight is 436 g/mol. The molecule has 6 nitrogen and oxygen atoms in total. The van der Waals surface area contributed by atoms with E-state index in [-0.39, 0.29) is 16.8 Å². The number of nitrogens with two attached hydrogens (primary N) is 1. The second kappa shape index (κ2) is 9.26. The minimum Gasteiger partial charge on any atom is -0.340 e. The lowest BCUT2D eigenvalue weighted by Gasteiger charge is -2.38. The van der Waals surface area contributed by atoms with Gasteiger partial charge in [-0.2, -0.15) is 0 Å². The zero-order chi connectivity index (χ0) is 21.0. The Morgan fingerprint density at radius 2 is 1.69 bits per heavy atom. The summed E-state index contributed by atoms with van der Waals surface area (Å²) >= 11 is 6.32. The van der Waals surface area contributed by atoms with E-state index in [0.29, 0.717) is 25.9 Å². The van der Waals surface area contributed by atoms with Gasteiger partial charge in [0.1, 0.15) is 0 Å². The number of aryl methyl sites for hydroxylation is 1. The number of amides is 1. The van der Waals surface area contributed by atoms with Crippen LogP contribution in [0.2, 0.25) is 5.02 Å². The molecule has 0 radical (unpaired) electrons. The summed E-state index contributed by atoms with van der Waals surface area (Å²) in [6.07, 6.45) is 0.967. The predicted octanol–water partition coefficient (Wildman–Crippen LogP) is 2.83. The van der Waals surface area contributed by atoms with Gasteiger partial charge in [0.25, 0.3) is 0 Å². The number of carbonyl (C=O) groups is 1. The lowest BCUT2D eigenvalue weighted by atomic mass is 10.1. The fourth-order valence-electron chi connectivity index (χ4n) is 3.62. The highest BCUT2D eigenvalue weighted by Crippen LogP contribution is 2.27. The zero-order valence-corrected chi connectivity index (χ0v) is 18.0. The van der Waals surface area contributed by atoms with E-state index in [0.717, 1.165) is 29.2 Å². The highest BCUT2D eigenvalue weighted by molar-refractivity contribution is 7.89. The van der Waals surface area contributed by atoms with E-state index >= 15 is 0 Å². The molecule has 8 heteroatoms.